The molecule has 3 atom stereocenters. The minimum Gasteiger partial charge on any atom is -0.463 e. The van der Waals surface area contributed by atoms with Crippen LogP contribution >= 0.6 is 0 Å². The minimum absolute atomic E-state index is 0.108. The average Bonchev–Trinajstić information content (AvgIpc) is 2.84. The van der Waals surface area contributed by atoms with Crippen molar-refractivity contribution in [3.63, 3.8) is 0 Å². The van der Waals surface area contributed by atoms with Gasteiger partial charge in [0.2, 0.25) is 0 Å². The third-order valence-electron chi connectivity index (χ3n) is 3.17. The van der Waals surface area contributed by atoms with Crippen LogP contribution in [-0.2, 0) is 14.3 Å². The van der Waals surface area contributed by atoms with Gasteiger partial charge in [0.15, 0.2) is 0 Å². The van der Waals surface area contributed by atoms with Crippen molar-refractivity contribution >= 4 is 5.97 Å². The SMILES string of the molecule is C=C1CCC(O)C[C@@]12O[C@H]2COC(C)=O. The van der Waals surface area contributed by atoms with Crippen LogP contribution in [0, 0.1) is 0 Å². The fourth-order valence-corrected chi connectivity index (χ4v) is 2.22. The van der Waals surface area contributed by atoms with Crippen molar-refractivity contribution in [3.8, 4) is 0 Å². The Labute approximate surface area is 88.9 Å². The lowest BCUT2D eigenvalue weighted by atomic mass is 9.81. The first-order valence-electron chi connectivity index (χ1n) is 5.22. The molecule has 15 heavy (non-hydrogen) atoms. The first-order chi connectivity index (χ1) is 7.04. The topological polar surface area (TPSA) is 59.1 Å². The van der Waals surface area contributed by atoms with Crippen LogP contribution in [0.3, 0.4) is 0 Å². The summed E-state index contributed by atoms with van der Waals surface area (Å²) in [6, 6.07) is 0. The van der Waals surface area contributed by atoms with Gasteiger partial charge in [-0.25, -0.2) is 0 Å². The molecule has 0 bridgehead atoms. The second kappa shape index (κ2) is 3.61. The number of carbonyl (C=O) groups is 1. The molecule has 4 heteroatoms. The molecule has 1 spiro atoms. The van der Waals surface area contributed by atoms with Gasteiger partial charge >= 0.3 is 5.97 Å². The molecule has 84 valence electrons. The van der Waals surface area contributed by atoms with E-state index in [2.05, 4.69) is 6.58 Å². The second-order valence-electron chi connectivity index (χ2n) is 4.30. The fourth-order valence-electron chi connectivity index (χ4n) is 2.22. The van der Waals surface area contributed by atoms with Gasteiger partial charge in [0.25, 0.3) is 0 Å². The average molecular weight is 212 g/mol. The number of esters is 1. The highest BCUT2D eigenvalue weighted by molar-refractivity contribution is 5.66. The maximum absolute atomic E-state index is 10.6. The largest absolute Gasteiger partial charge is 0.463 e. The lowest BCUT2D eigenvalue weighted by Gasteiger charge is -2.26. The highest BCUT2D eigenvalue weighted by Crippen LogP contribution is 2.50. The number of aliphatic hydroxyl groups is 1. The smallest absolute Gasteiger partial charge is 0.302 e. The minimum atomic E-state index is -0.410. The molecule has 1 aliphatic carbocycles. The maximum Gasteiger partial charge on any atom is 0.302 e. The fraction of sp³-hybridized carbons (Fsp3) is 0.727. The zero-order chi connectivity index (χ0) is 11.1. The Morgan fingerprint density at radius 1 is 1.80 bits per heavy atom. The summed E-state index contributed by atoms with van der Waals surface area (Å²) >= 11 is 0. The van der Waals surface area contributed by atoms with E-state index in [-0.39, 0.29) is 24.8 Å². The molecule has 1 heterocycles. The lowest BCUT2D eigenvalue weighted by Crippen LogP contribution is -2.31. The Kier molecular flexibility index (Phi) is 2.56. The van der Waals surface area contributed by atoms with Crippen LogP contribution in [0.4, 0.5) is 0 Å². The highest BCUT2D eigenvalue weighted by Gasteiger charge is 2.60. The van der Waals surface area contributed by atoms with Crippen LogP contribution in [0.25, 0.3) is 0 Å². The van der Waals surface area contributed by atoms with Crippen molar-refractivity contribution in [1.82, 2.24) is 0 Å². The van der Waals surface area contributed by atoms with E-state index in [1.165, 1.54) is 6.92 Å². The van der Waals surface area contributed by atoms with Gasteiger partial charge in [-0.1, -0.05) is 6.58 Å². The van der Waals surface area contributed by atoms with Gasteiger partial charge in [-0.05, 0) is 18.4 Å². The molecule has 1 unspecified atom stereocenters. The zero-order valence-electron chi connectivity index (χ0n) is 8.86. The second-order valence-corrected chi connectivity index (χ2v) is 4.30. The Bertz CT molecular complexity index is 299. The summed E-state index contributed by atoms with van der Waals surface area (Å²) in [6.07, 6.45) is 1.70. The number of aliphatic hydroxyl groups excluding tert-OH is 1. The first-order valence-corrected chi connectivity index (χ1v) is 5.22. The van der Waals surface area contributed by atoms with Crippen molar-refractivity contribution in [3.05, 3.63) is 12.2 Å². The van der Waals surface area contributed by atoms with E-state index in [1.54, 1.807) is 0 Å². The number of ether oxygens (including phenoxy) is 2. The summed E-state index contributed by atoms with van der Waals surface area (Å²) in [5.41, 5.74) is 0.609. The van der Waals surface area contributed by atoms with Gasteiger partial charge in [0.05, 0.1) is 6.10 Å². The molecule has 1 N–H and O–H groups in total. The quantitative estimate of drug-likeness (QED) is 0.417. The van der Waals surface area contributed by atoms with Crippen molar-refractivity contribution in [2.45, 2.75) is 44.0 Å². The molecule has 2 fully saturated rings. The van der Waals surface area contributed by atoms with E-state index < -0.39 is 5.60 Å². The molecule has 0 amide bonds. The van der Waals surface area contributed by atoms with Crippen molar-refractivity contribution in [2.24, 2.45) is 0 Å². The monoisotopic (exact) mass is 212 g/mol. The van der Waals surface area contributed by atoms with Crippen molar-refractivity contribution < 1.29 is 19.4 Å². The van der Waals surface area contributed by atoms with Gasteiger partial charge in [-0.3, -0.25) is 4.79 Å². The van der Waals surface area contributed by atoms with Gasteiger partial charge < -0.3 is 14.6 Å². The van der Waals surface area contributed by atoms with Crippen LogP contribution in [0.1, 0.15) is 26.2 Å². The molecular formula is C11H16O4. The summed E-state index contributed by atoms with van der Waals surface area (Å²) in [6.45, 7) is 5.60. The van der Waals surface area contributed by atoms with Crippen LogP contribution in [0.5, 0.6) is 0 Å². The molecular weight excluding hydrogens is 196 g/mol. The predicted octanol–water partition coefficient (Wildman–Crippen LogP) is 0.788. The van der Waals surface area contributed by atoms with E-state index in [1.807, 2.05) is 0 Å². The van der Waals surface area contributed by atoms with E-state index in [0.29, 0.717) is 6.42 Å². The zero-order valence-corrected chi connectivity index (χ0v) is 8.86. The van der Waals surface area contributed by atoms with Crippen LogP contribution in [0.15, 0.2) is 12.2 Å². The number of carbonyl (C=O) groups excluding carboxylic acids is 1. The molecule has 1 aliphatic heterocycles. The number of rotatable bonds is 2. The molecule has 2 aliphatic rings. The molecule has 2 rings (SSSR count). The van der Waals surface area contributed by atoms with Gasteiger partial charge in [0, 0.05) is 13.3 Å². The van der Waals surface area contributed by atoms with E-state index in [9.17, 15) is 9.90 Å². The highest BCUT2D eigenvalue weighted by atomic mass is 16.6. The van der Waals surface area contributed by atoms with Gasteiger partial charge in [-0.15, -0.1) is 0 Å². The summed E-state index contributed by atoms with van der Waals surface area (Å²) in [7, 11) is 0. The van der Waals surface area contributed by atoms with E-state index in [4.69, 9.17) is 9.47 Å². The number of hydrogen-bond acceptors (Lipinski definition) is 4. The summed E-state index contributed by atoms with van der Waals surface area (Å²) in [5.74, 6) is -0.303. The normalized spacial score (nSPS) is 39.2. The Hall–Kier alpha value is -0.870. The molecule has 0 radical (unpaired) electrons. The molecule has 1 saturated carbocycles. The summed E-state index contributed by atoms with van der Waals surface area (Å²) in [4.78, 5) is 10.6. The van der Waals surface area contributed by atoms with Crippen LogP contribution in [-0.4, -0.2) is 35.5 Å². The first kappa shape index (κ1) is 10.6. The molecule has 1 saturated heterocycles. The van der Waals surface area contributed by atoms with Gasteiger partial charge in [0.1, 0.15) is 18.3 Å². The maximum atomic E-state index is 10.6. The predicted molar refractivity (Wildman–Crippen MR) is 53.2 cm³/mol. The summed E-state index contributed by atoms with van der Waals surface area (Å²) < 4.78 is 10.4. The third-order valence-corrected chi connectivity index (χ3v) is 3.17. The van der Waals surface area contributed by atoms with Crippen molar-refractivity contribution in [1.29, 1.82) is 0 Å². The molecule has 0 aromatic carbocycles. The number of epoxide rings is 1. The third kappa shape index (κ3) is 1.92. The van der Waals surface area contributed by atoms with Gasteiger partial charge in [-0.2, -0.15) is 0 Å². The Balaban J connectivity index is 1.92. The standard InChI is InChI=1S/C11H16O4/c1-7-3-4-9(13)5-11(7)10(15-11)6-14-8(2)12/h9-10,13H,1,3-6H2,2H3/t9?,10-,11+/m0/s1. The van der Waals surface area contributed by atoms with Crippen molar-refractivity contribution in [2.75, 3.05) is 6.61 Å². The van der Waals surface area contributed by atoms with E-state index >= 15 is 0 Å². The van der Waals surface area contributed by atoms with Crippen LogP contribution < -0.4 is 0 Å². The molecule has 4 nitrogen and oxygen atoms in total. The Morgan fingerprint density at radius 2 is 2.53 bits per heavy atom. The number of hydrogen-bond donors (Lipinski definition) is 1. The van der Waals surface area contributed by atoms with Crippen LogP contribution in [0.2, 0.25) is 0 Å². The molecule has 0 aromatic rings. The lowest BCUT2D eigenvalue weighted by molar-refractivity contribution is -0.141. The summed E-state index contributed by atoms with van der Waals surface area (Å²) in [5, 5.41) is 9.57. The van der Waals surface area contributed by atoms with E-state index in [0.717, 1.165) is 18.4 Å². The molecule has 0 aromatic heterocycles. The Morgan fingerprint density at radius 3 is 3.20 bits per heavy atom.